The average Bonchev–Trinajstić information content (AvgIpc) is 2.36. The van der Waals surface area contributed by atoms with Crippen molar-refractivity contribution in [2.24, 2.45) is 0 Å². The molecule has 0 fully saturated rings. The van der Waals surface area contributed by atoms with Crippen LogP contribution in [0, 0.1) is 20.8 Å². The van der Waals surface area contributed by atoms with Gasteiger partial charge in [-0.25, -0.2) is 8.42 Å². The molecule has 0 radical (unpaired) electrons. The monoisotopic (exact) mass is 333 g/mol. The molecule has 1 aromatic rings. The SMILES string of the molecule is Cc1cc(S(=O)(=O)Cl)c(C)c(C)c1OCCC(=O)N(C)C. The first-order valence-electron chi connectivity index (χ1n) is 6.44. The number of carbonyl (C=O) groups is 1. The number of ether oxygens (including phenoxy) is 1. The van der Waals surface area contributed by atoms with E-state index in [2.05, 4.69) is 0 Å². The molecule has 0 unspecified atom stereocenters. The lowest BCUT2D eigenvalue weighted by atomic mass is 10.1. The molecular formula is C14H20ClNO4S. The summed E-state index contributed by atoms with van der Waals surface area (Å²) in [6, 6.07) is 1.49. The molecule has 1 rings (SSSR count). The third-order valence-corrected chi connectivity index (χ3v) is 4.75. The van der Waals surface area contributed by atoms with E-state index in [4.69, 9.17) is 15.4 Å². The summed E-state index contributed by atoms with van der Waals surface area (Å²) in [7, 11) is 5.00. The first-order valence-corrected chi connectivity index (χ1v) is 8.75. The molecule has 0 aromatic heterocycles. The van der Waals surface area contributed by atoms with E-state index < -0.39 is 9.05 Å². The summed E-state index contributed by atoms with van der Waals surface area (Å²) in [5.74, 6) is 0.574. The van der Waals surface area contributed by atoms with Crippen LogP contribution in [0.4, 0.5) is 0 Å². The number of nitrogens with zero attached hydrogens (tertiary/aromatic N) is 1. The van der Waals surface area contributed by atoms with Crippen LogP contribution in [0.15, 0.2) is 11.0 Å². The van der Waals surface area contributed by atoms with Gasteiger partial charge in [-0.15, -0.1) is 0 Å². The van der Waals surface area contributed by atoms with Gasteiger partial charge in [-0.2, -0.15) is 0 Å². The van der Waals surface area contributed by atoms with Gasteiger partial charge in [-0.05, 0) is 43.5 Å². The normalized spacial score (nSPS) is 11.3. The molecule has 0 spiro atoms. The van der Waals surface area contributed by atoms with Gasteiger partial charge in [-0.1, -0.05) is 0 Å². The molecule has 0 aliphatic carbocycles. The Kier molecular flexibility index (Phi) is 5.64. The number of benzene rings is 1. The van der Waals surface area contributed by atoms with Crippen LogP contribution in [-0.2, 0) is 13.8 Å². The van der Waals surface area contributed by atoms with E-state index in [0.717, 1.165) is 0 Å². The summed E-state index contributed by atoms with van der Waals surface area (Å²) in [6.45, 7) is 5.45. The van der Waals surface area contributed by atoms with Crippen LogP contribution in [0.25, 0.3) is 0 Å². The van der Waals surface area contributed by atoms with Gasteiger partial charge in [0.25, 0.3) is 9.05 Å². The Balaban J connectivity index is 3.01. The van der Waals surface area contributed by atoms with Crippen molar-refractivity contribution < 1.29 is 17.9 Å². The van der Waals surface area contributed by atoms with Crippen molar-refractivity contribution in [3.05, 3.63) is 22.8 Å². The van der Waals surface area contributed by atoms with Crippen LogP contribution < -0.4 is 4.74 Å². The van der Waals surface area contributed by atoms with Crippen molar-refractivity contribution in [2.45, 2.75) is 32.1 Å². The molecule has 0 saturated heterocycles. The van der Waals surface area contributed by atoms with Gasteiger partial charge in [0.1, 0.15) is 5.75 Å². The number of amides is 1. The predicted octanol–water partition coefficient (Wildman–Crippen LogP) is 2.40. The first-order chi connectivity index (χ1) is 9.55. The van der Waals surface area contributed by atoms with E-state index in [1.807, 2.05) is 0 Å². The maximum Gasteiger partial charge on any atom is 0.261 e. The van der Waals surface area contributed by atoms with E-state index in [1.165, 1.54) is 11.0 Å². The van der Waals surface area contributed by atoms with E-state index in [9.17, 15) is 13.2 Å². The Morgan fingerprint density at radius 2 is 1.81 bits per heavy atom. The molecule has 5 nitrogen and oxygen atoms in total. The molecule has 7 heteroatoms. The van der Waals surface area contributed by atoms with Crippen LogP contribution in [0.5, 0.6) is 5.75 Å². The Bertz CT molecular complexity index is 653. The Hall–Kier alpha value is -1.27. The number of rotatable bonds is 5. The highest BCUT2D eigenvalue weighted by molar-refractivity contribution is 8.13. The molecule has 0 bridgehead atoms. The summed E-state index contributed by atoms with van der Waals surface area (Å²) < 4.78 is 28.7. The molecule has 0 atom stereocenters. The molecule has 0 N–H and O–H groups in total. The highest BCUT2D eigenvalue weighted by Crippen LogP contribution is 2.32. The lowest BCUT2D eigenvalue weighted by Gasteiger charge is -2.17. The minimum Gasteiger partial charge on any atom is -0.492 e. The van der Waals surface area contributed by atoms with Gasteiger partial charge < -0.3 is 9.64 Å². The number of aryl methyl sites for hydroxylation is 1. The van der Waals surface area contributed by atoms with Gasteiger partial charge in [-0.3, -0.25) is 4.79 Å². The highest BCUT2D eigenvalue weighted by Gasteiger charge is 2.19. The smallest absolute Gasteiger partial charge is 0.261 e. The molecule has 21 heavy (non-hydrogen) atoms. The van der Waals surface area contributed by atoms with Gasteiger partial charge in [0, 0.05) is 24.8 Å². The average molecular weight is 334 g/mol. The van der Waals surface area contributed by atoms with Gasteiger partial charge in [0.05, 0.1) is 17.9 Å². The zero-order valence-corrected chi connectivity index (χ0v) is 14.4. The van der Waals surface area contributed by atoms with Crippen molar-refractivity contribution >= 4 is 25.6 Å². The Morgan fingerprint density at radius 3 is 2.29 bits per heavy atom. The minimum absolute atomic E-state index is 0.0259. The van der Waals surface area contributed by atoms with Crippen molar-refractivity contribution in [3.63, 3.8) is 0 Å². The van der Waals surface area contributed by atoms with Crippen molar-refractivity contribution in [3.8, 4) is 5.75 Å². The van der Waals surface area contributed by atoms with Gasteiger partial charge in [0.15, 0.2) is 0 Å². The van der Waals surface area contributed by atoms with Gasteiger partial charge in [0.2, 0.25) is 5.91 Å². The minimum atomic E-state index is -3.78. The zero-order valence-electron chi connectivity index (χ0n) is 12.9. The second-order valence-corrected chi connectivity index (χ2v) is 7.63. The van der Waals surface area contributed by atoms with Crippen LogP contribution in [0.1, 0.15) is 23.1 Å². The van der Waals surface area contributed by atoms with Crippen molar-refractivity contribution in [1.82, 2.24) is 4.90 Å². The van der Waals surface area contributed by atoms with E-state index >= 15 is 0 Å². The standard InChI is InChI=1S/C14H20ClNO4S/c1-9-8-12(21(15,18)19)10(2)11(3)14(9)20-7-6-13(17)16(4)5/h8H,6-7H2,1-5H3. The fourth-order valence-electron chi connectivity index (χ4n) is 1.96. The summed E-state index contributed by atoms with van der Waals surface area (Å²) >= 11 is 0. The summed E-state index contributed by atoms with van der Waals surface area (Å²) in [6.07, 6.45) is 0.264. The quantitative estimate of drug-likeness (QED) is 0.776. The van der Waals surface area contributed by atoms with Gasteiger partial charge >= 0.3 is 0 Å². The first kappa shape index (κ1) is 17.8. The second kappa shape index (κ2) is 6.66. The predicted molar refractivity (Wildman–Crippen MR) is 82.5 cm³/mol. The number of carbonyl (C=O) groups excluding carboxylic acids is 1. The molecular weight excluding hydrogens is 314 g/mol. The van der Waals surface area contributed by atoms with Crippen LogP contribution in [0.2, 0.25) is 0 Å². The third kappa shape index (κ3) is 4.35. The summed E-state index contributed by atoms with van der Waals surface area (Å²) in [5.41, 5.74) is 1.95. The van der Waals surface area contributed by atoms with E-state index in [0.29, 0.717) is 22.4 Å². The lowest BCUT2D eigenvalue weighted by Crippen LogP contribution is -2.23. The largest absolute Gasteiger partial charge is 0.492 e. The molecule has 0 aliphatic heterocycles. The van der Waals surface area contributed by atoms with Crippen LogP contribution >= 0.6 is 10.7 Å². The Labute approximate surface area is 130 Å². The zero-order chi connectivity index (χ0) is 16.4. The van der Waals surface area contributed by atoms with Crippen molar-refractivity contribution in [1.29, 1.82) is 0 Å². The topological polar surface area (TPSA) is 63.7 Å². The van der Waals surface area contributed by atoms with E-state index in [-0.39, 0.29) is 23.8 Å². The molecule has 118 valence electrons. The number of halogens is 1. The lowest BCUT2D eigenvalue weighted by molar-refractivity contribution is -0.129. The maximum absolute atomic E-state index is 11.5. The summed E-state index contributed by atoms with van der Waals surface area (Å²) in [5, 5.41) is 0. The molecule has 0 saturated carbocycles. The molecule has 1 amide bonds. The van der Waals surface area contributed by atoms with E-state index in [1.54, 1.807) is 34.9 Å². The fraction of sp³-hybridized carbons (Fsp3) is 0.500. The third-order valence-electron chi connectivity index (χ3n) is 3.30. The molecule has 0 aliphatic rings. The second-order valence-electron chi connectivity index (χ2n) is 5.10. The highest BCUT2D eigenvalue weighted by atomic mass is 35.7. The van der Waals surface area contributed by atoms with Crippen LogP contribution in [0.3, 0.4) is 0 Å². The number of hydrogen-bond donors (Lipinski definition) is 0. The van der Waals surface area contributed by atoms with Crippen molar-refractivity contribution in [2.75, 3.05) is 20.7 Å². The Morgan fingerprint density at radius 1 is 1.24 bits per heavy atom. The summed E-state index contributed by atoms with van der Waals surface area (Å²) in [4.78, 5) is 13.1. The fourth-order valence-corrected chi connectivity index (χ4v) is 3.28. The molecule has 1 aromatic carbocycles. The molecule has 0 heterocycles. The van der Waals surface area contributed by atoms with Crippen LogP contribution in [-0.4, -0.2) is 39.9 Å². The maximum atomic E-state index is 11.5. The number of hydrogen-bond acceptors (Lipinski definition) is 4.